The highest BCUT2D eigenvalue weighted by molar-refractivity contribution is 7.93. The number of sulfonamides is 1. The lowest BCUT2D eigenvalue weighted by atomic mass is 10.2. The van der Waals surface area contributed by atoms with Gasteiger partial charge in [-0.2, -0.15) is 0 Å². The first kappa shape index (κ1) is 15.3. The molecule has 0 atom stereocenters. The van der Waals surface area contributed by atoms with Gasteiger partial charge in [-0.05, 0) is 37.0 Å². The van der Waals surface area contributed by atoms with Crippen LogP contribution in [0.4, 0.5) is 5.69 Å². The third kappa shape index (κ3) is 3.15. The smallest absolute Gasteiger partial charge is 0.238 e. The van der Waals surface area contributed by atoms with Gasteiger partial charge in [0.1, 0.15) is 0 Å². The minimum atomic E-state index is -3.23. The van der Waals surface area contributed by atoms with Gasteiger partial charge >= 0.3 is 0 Å². The number of benzene rings is 1. The van der Waals surface area contributed by atoms with Crippen LogP contribution in [-0.2, 0) is 16.6 Å². The van der Waals surface area contributed by atoms with Crippen LogP contribution in [0.15, 0.2) is 24.3 Å². The maximum atomic E-state index is 12.8. The Balaban J connectivity index is 2.29. The van der Waals surface area contributed by atoms with E-state index in [0.717, 1.165) is 43.4 Å². The summed E-state index contributed by atoms with van der Waals surface area (Å²) in [6.07, 6.45) is 4.45. The highest BCUT2D eigenvalue weighted by atomic mass is 32.2. The van der Waals surface area contributed by atoms with E-state index in [9.17, 15) is 8.42 Å². The molecule has 5 heteroatoms. The summed E-state index contributed by atoms with van der Waals surface area (Å²) in [6.45, 7) is 3.02. The number of anilines is 1. The van der Waals surface area contributed by atoms with Gasteiger partial charge in [0.05, 0.1) is 10.9 Å². The molecule has 1 aliphatic carbocycles. The van der Waals surface area contributed by atoms with E-state index < -0.39 is 10.0 Å². The molecule has 1 aromatic rings. The fraction of sp³-hybridized carbons (Fsp3) is 0.600. The Bertz CT molecular complexity index is 519. The monoisotopic (exact) mass is 296 g/mol. The molecule has 2 N–H and O–H groups in total. The number of nitrogens with two attached hydrogens (primary N) is 1. The van der Waals surface area contributed by atoms with E-state index in [1.165, 1.54) is 0 Å². The molecule has 2 rings (SSSR count). The topological polar surface area (TPSA) is 63.4 Å². The summed E-state index contributed by atoms with van der Waals surface area (Å²) in [4.78, 5) is 0. The van der Waals surface area contributed by atoms with E-state index >= 15 is 0 Å². The van der Waals surface area contributed by atoms with Crippen molar-refractivity contribution in [3.8, 4) is 0 Å². The molecule has 0 spiro atoms. The zero-order chi connectivity index (χ0) is 14.6. The van der Waals surface area contributed by atoms with Crippen molar-refractivity contribution in [3.05, 3.63) is 29.8 Å². The van der Waals surface area contributed by atoms with Crippen molar-refractivity contribution < 1.29 is 8.42 Å². The summed E-state index contributed by atoms with van der Waals surface area (Å²) < 4.78 is 27.1. The van der Waals surface area contributed by atoms with Gasteiger partial charge in [-0.1, -0.05) is 31.9 Å². The van der Waals surface area contributed by atoms with Crippen molar-refractivity contribution >= 4 is 15.7 Å². The van der Waals surface area contributed by atoms with E-state index in [0.29, 0.717) is 13.1 Å². The zero-order valence-electron chi connectivity index (χ0n) is 12.1. The Kier molecular flexibility index (Phi) is 5.05. The Morgan fingerprint density at radius 2 is 1.80 bits per heavy atom. The molecule has 1 aliphatic rings. The van der Waals surface area contributed by atoms with Crippen LogP contribution in [0.1, 0.15) is 44.6 Å². The third-order valence-corrected chi connectivity index (χ3v) is 6.24. The van der Waals surface area contributed by atoms with Gasteiger partial charge in [0.2, 0.25) is 10.0 Å². The summed E-state index contributed by atoms with van der Waals surface area (Å²) in [5.74, 6) is 0. The van der Waals surface area contributed by atoms with Gasteiger partial charge in [0.15, 0.2) is 0 Å². The van der Waals surface area contributed by atoms with E-state index in [1.54, 1.807) is 4.31 Å². The Morgan fingerprint density at radius 3 is 2.30 bits per heavy atom. The minimum absolute atomic E-state index is 0.205. The van der Waals surface area contributed by atoms with Crippen molar-refractivity contribution in [2.24, 2.45) is 5.73 Å². The van der Waals surface area contributed by atoms with Crippen LogP contribution in [-0.4, -0.2) is 20.2 Å². The number of nitrogens with zero attached hydrogens (tertiary/aromatic N) is 1. The maximum absolute atomic E-state index is 12.8. The second kappa shape index (κ2) is 6.59. The van der Waals surface area contributed by atoms with Gasteiger partial charge in [-0.3, -0.25) is 4.31 Å². The highest BCUT2D eigenvalue weighted by Gasteiger charge is 2.33. The fourth-order valence-corrected chi connectivity index (χ4v) is 4.91. The van der Waals surface area contributed by atoms with Crippen molar-refractivity contribution in [2.45, 2.75) is 50.8 Å². The molecule has 112 valence electrons. The molecule has 1 fully saturated rings. The molecule has 1 saturated carbocycles. The van der Waals surface area contributed by atoms with Crippen LogP contribution in [0, 0.1) is 0 Å². The van der Waals surface area contributed by atoms with E-state index in [2.05, 4.69) is 0 Å². The molecule has 0 amide bonds. The highest BCUT2D eigenvalue weighted by Crippen LogP contribution is 2.30. The molecule has 20 heavy (non-hydrogen) atoms. The Hall–Kier alpha value is -1.07. The minimum Gasteiger partial charge on any atom is -0.326 e. The van der Waals surface area contributed by atoms with Crippen LogP contribution in [0.25, 0.3) is 0 Å². The zero-order valence-corrected chi connectivity index (χ0v) is 12.9. The Morgan fingerprint density at radius 1 is 1.20 bits per heavy atom. The van der Waals surface area contributed by atoms with Gasteiger partial charge in [0, 0.05) is 13.1 Å². The summed E-state index contributed by atoms with van der Waals surface area (Å²) in [6, 6.07) is 7.54. The number of rotatable bonds is 6. The van der Waals surface area contributed by atoms with Gasteiger partial charge < -0.3 is 5.73 Å². The van der Waals surface area contributed by atoms with Crippen molar-refractivity contribution in [2.75, 3.05) is 10.8 Å². The normalized spacial score (nSPS) is 16.5. The average Bonchev–Trinajstić information content (AvgIpc) is 3.00. The van der Waals surface area contributed by atoms with Gasteiger partial charge in [0.25, 0.3) is 0 Å². The standard InChI is InChI=1S/C15H24N2O2S/c1-2-11-17(14-9-7-13(12-16)8-10-14)20(18,19)15-5-3-4-6-15/h7-10,15H,2-6,11-12,16H2,1H3. The van der Waals surface area contributed by atoms with E-state index in [-0.39, 0.29) is 5.25 Å². The largest absolute Gasteiger partial charge is 0.326 e. The summed E-state index contributed by atoms with van der Waals surface area (Å²) in [5.41, 5.74) is 7.37. The van der Waals surface area contributed by atoms with Crippen molar-refractivity contribution in [3.63, 3.8) is 0 Å². The third-order valence-electron chi connectivity index (χ3n) is 3.92. The summed E-state index contributed by atoms with van der Waals surface area (Å²) >= 11 is 0. The first-order valence-corrected chi connectivity index (χ1v) is 8.90. The summed E-state index contributed by atoms with van der Waals surface area (Å²) in [5, 5.41) is -0.205. The fourth-order valence-electron chi connectivity index (χ4n) is 2.77. The molecule has 4 nitrogen and oxygen atoms in total. The maximum Gasteiger partial charge on any atom is 0.238 e. The van der Waals surface area contributed by atoms with Gasteiger partial charge in [-0.25, -0.2) is 8.42 Å². The van der Waals surface area contributed by atoms with Crippen LogP contribution in [0.5, 0.6) is 0 Å². The number of hydrogen-bond donors (Lipinski definition) is 1. The molecule has 1 aromatic carbocycles. The Labute approximate surface area is 122 Å². The lowest BCUT2D eigenvalue weighted by molar-refractivity contribution is 0.573. The van der Waals surface area contributed by atoms with Crippen LogP contribution in [0.3, 0.4) is 0 Å². The van der Waals surface area contributed by atoms with Crippen LogP contribution >= 0.6 is 0 Å². The molecular weight excluding hydrogens is 272 g/mol. The number of hydrogen-bond acceptors (Lipinski definition) is 3. The van der Waals surface area contributed by atoms with E-state index in [4.69, 9.17) is 5.73 Å². The SMILES string of the molecule is CCCN(c1ccc(CN)cc1)S(=O)(=O)C1CCCC1. The molecule has 0 aromatic heterocycles. The molecular formula is C15H24N2O2S. The predicted molar refractivity (Wildman–Crippen MR) is 83.1 cm³/mol. The van der Waals surface area contributed by atoms with E-state index in [1.807, 2.05) is 31.2 Å². The first-order chi connectivity index (χ1) is 9.59. The summed E-state index contributed by atoms with van der Waals surface area (Å²) in [7, 11) is -3.23. The van der Waals surface area contributed by atoms with Gasteiger partial charge in [-0.15, -0.1) is 0 Å². The predicted octanol–water partition coefficient (Wildman–Crippen LogP) is 2.63. The van der Waals surface area contributed by atoms with Crippen molar-refractivity contribution in [1.82, 2.24) is 0 Å². The molecule has 0 radical (unpaired) electrons. The van der Waals surface area contributed by atoms with Crippen molar-refractivity contribution in [1.29, 1.82) is 0 Å². The first-order valence-electron chi connectivity index (χ1n) is 7.40. The van der Waals surface area contributed by atoms with Crippen LogP contribution < -0.4 is 10.0 Å². The lowest BCUT2D eigenvalue weighted by Gasteiger charge is -2.27. The van der Waals surface area contributed by atoms with Crippen LogP contribution in [0.2, 0.25) is 0 Å². The molecule has 0 saturated heterocycles. The second-order valence-corrected chi connectivity index (χ2v) is 7.53. The second-order valence-electron chi connectivity index (χ2n) is 5.39. The average molecular weight is 296 g/mol. The quantitative estimate of drug-likeness (QED) is 0.877. The molecule has 0 bridgehead atoms. The molecule has 0 heterocycles. The molecule has 0 unspecified atom stereocenters. The lowest BCUT2D eigenvalue weighted by Crippen LogP contribution is -2.38. The molecule has 0 aliphatic heterocycles.